The average Bonchev–Trinajstić information content (AvgIpc) is 3.43. The first kappa shape index (κ1) is 21.8. The van der Waals surface area contributed by atoms with Crippen LogP contribution in [-0.4, -0.2) is 78.0 Å². The second-order valence-electron chi connectivity index (χ2n) is 8.65. The summed E-state index contributed by atoms with van der Waals surface area (Å²) in [7, 11) is 1.98. The summed E-state index contributed by atoms with van der Waals surface area (Å²) in [6, 6.07) is 9.14. The van der Waals surface area contributed by atoms with Gasteiger partial charge in [0.2, 0.25) is 0 Å². The van der Waals surface area contributed by atoms with E-state index in [-0.39, 0.29) is 6.04 Å². The Balaban J connectivity index is 1.50. The molecule has 2 fully saturated rings. The Kier molecular flexibility index (Phi) is 7.25. The van der Waals surface area contributed by atoms with Crippen molar-refractivity contribution in [3.8, 4) is 0 Å². The van der Waals surface area contributed by atoms with E-state index in [0.29, 0.717) is 5.92 Å². The summed E-state index contributed by atoms with van der Waals surface area (Å²) >= 11 is 0. The van der Waals surface area contributed by atoms with E-state index in [4.69, 9.17) is 9.73 Å². The van der Waals surface area contributed by atoms with E-state index in [9.17, 15) is 0 Å². The van der Waals surface area contributed by atoms with Gasteiger partial charge in [-0.2, -0.15) is 5.10 Å². The molecule has 2 saturated heterocycles. The molecule has 2 aliphatic rings. The maximum atomic E-state index is 5.61. The van der Waals surface area contributed by atoms with Crippen molar-refractivity contribution in [3.05, 3.63) is 53.3 Å². The van der Waals surface area contributed by atoms with Gasteiger partial charge in [0.15, 0.2) is 5.96 Å². The van der Waals surface area contributed by atoms with Gasteiger partial charge in [-0.05, 0) is 31.4 Å². The van der Waals surface area contributed by atoms with Gasteiger partial charge in [-0.1, -0.05) is 29.8 Å². The fourth-order valence-electron chi connectivity index (χ4n) is 4.67. The van der Waals surface area contributed by atoms with Crippen LogP contribution in [0.25, 0.3) is 0 Å². The Bertz CT molecular complexity index is 872. The highest BCUT2D eigenvalue weighted by molar-refractivity contribution is 5.80. The van der Waals surface area contributed by atoms with Gasteiger partial charge in [0.05, 0.1) is 32.0 Å². The lowest BCUT2D eigenvalue weighted by Crippen LogP contribution is -2.42. The van der Waals surface area contributed by atoms with Crippen LogP contribution in [-0.2, 0) is 11.8 Å². The van der Waals surface area contributed by atoms with Crippen LogP contribution in [0.3, 0.4) is 0 Å². The lowest BCUT2D eigenvalue weighted by molar-refractivity contribution is 0.0179. The van der Waals surface area contributed by atoms with E-state index in [1.165, 1.54) is 16.7 Å². The Hall–Kier alpha value is -2.38. The summed E-state index contributed by atoms with van der Waals surface area (Å²) in [6.07, 6.45) is 5.29. The molecule has 0 saturated carbocycles. The first-order valence-electron chi connectivity index (χ1n) is 11.5. The molecule has 1 aromatic heterocycles. The summed E-state index contributed by atoms with van der Waals surface area (Å²) < 4.78 is 7.50. The van der Waals surface area contributed by atoms with Crippen molar-refractivity contribution in [2.24, 2.45) is 12.0 Å². The maximum Gasteiger partial charge on any atom is 0.194 e. The minimum Gasteiger partial charge on any atom is -0.379 e. The van der Waals surface area contributed by atoms with E-state index < -0.39 is 0 Å². The number of likely N-dealkylation sites (tertiary alicyclic amines) is 1. The molecule has 1 aromatic carbocycles. The number of benzene rings is 1. The monoisotopic (exact) mass is 424 g/mol. The molecule has 2 unspecified atom stereocenters. The van der Waals surface area contributed by atoms with Crippen molar-refractivity contribution < 1.29 is 4.74 Å². The highest BCUT2D eigenvalue weighted by Crippen LogP contribution is 2.27. The lowest BCUT2D eigenvalue weighted by atomic mass is 10.0. The first-order chi connectivity index (χ1) is 15.1. The van der Waals surface area contributed by atoms with Crippen molar-refractivity contribution in [2.75, 3.05) is 52.5 Å². The fourth-order valence-corrected chi connectivity index (χ4v) is 4.67. The van der Waals surface area contributed by atoms with Crippen molar-refractivity contribution >= 4 is 5.96 Å². The van der Waals surface area contributed by atoms with Crippen LogP contribution in [0.1, 0.15) is 42.0 Å². The molecular weight excluding hydrogens is 388 g/mol. The second-order valence-corrected chi connectivity index (χ2v) is 8.65. The van der Waals surface area contributed by atoms with Crippen LogP contribution in [0.5, 0.6) is 0 Å². The normalized spacial score (nSPS) is 21.5. The standard InChI is InChI=1S/C24H36N6O/c1-4-25-24(30-9-8-21(18-30)22-15-27-28(3)17-22)26-16-23(29-10-12-31-13-11-29)20-7-5-6-19(2)14-20/h5-7,14-15,17,21,23H,4,8-13,16,18H2,1-3H3,(H,25,26). The van der Waals surface area contributed by atoms with Gasteiger partial charge in [-0.3, -0.25) is 14.6 Å². The average molecular weight is 425 g/mol. The van der Waals surface area contributed by atoms with Crippen LogP contribution < -0.4 is 5.32 Å². The third-order valence-corrected chi connectivity index (χ3v) is 6.35. The molecule has 4 rings (SSSR count). The smallest absolute Gasteiger partial charge is 0.194 e. The molecule has 168 valence electrons. The van der Waals surface area contributed by atoms with Gasteiger partial charge >= 0.3 is 0 Å². The predicted molar refractivity (Wildman–Crippen MR) is 124 cm³/mol. The summed E-state index contributed by atoms with van der Waals surface area (Å²) in [6.45, 7) is 11.5. The zero-order chi connectivity index (χ0) is 21.6. The van der Waals surface area contributed by atoms with Crippen LogP contribution in [0.15, 0.2) is 41.7 Å². The lowest BCUT2D eigenvalue weighted by Gasteiger charge is -2.34. The number of aliphatic imine (C=N–C) groups is 1. The molecule has 7 heteroatoms. The van der Waals surface area contributed by atoms with Gasteiger partial charge in [0.1, 0.15) is 0 Å². The topological polar surface area (TPSA) is 57.9 Å². The minimum atomic E-state index is 0.272. The van der Waals surface area contributed by atoms with Crippen LogP contribution in [0.4, 0.5) is 0 Å². The zero-order valence-corrected chi connectivity index (χ0v) is 19.1. The number of hydrogen-bond acceptors (Lipinski definition) is 4. The highest BCUT2D eigenvalue weighted by atomic mass is 16.5. The van der Waals surface area contributed by atoms with Gasteiger partial charge in [0, 0.05) is 51.9 Å². The molecule has 0 aliphatic carbocycles. The molecule has 3 heterocycles. The van der Waals surface area contributed by atoms with E-state index in [0.717, 1.165) is 64.9 Å². The molecule has 0 bridgehead atoms. The summed E-state index contributed by atoms with van der Waals surface area (Å²) in [5.41, 5.74) is 3.97. The summed E-state index contributed by atoms with van der Waals surface area (Å²) in [5, 5.41) is 7.89. The maximum absolute atomic E-state index is 5.61. The molecule has 31 heavy (non-hydrogen) atoms. The Morgan fingerprint density at radius 3 is 2.84 bits per heavy atom. The van der Waals surface area contributed by atoms with Crippen LogP contribution >= 0.6 is 0 Å². The van der Waals surface area contributed by atoms with E-state index in [1.54, 1.807) is 0 Å². The van der Waals surface area contributed by atoms with Gasteiger partial charge in [-0.25, -0.2) is 0 Å². The largest absolute Gasteiger partial charge is 0.379 e. The van der Waals surface area contributed by atoms with Crippen LogP contribution in [0, 0.1) is 6.92 Å². The number of aryl methyl sites for hydroxylation is 2. The number of aromatic nitrogens is 2. The second kappa shape index (κ2) is 10.3. The summed E-state index contributed by atoms with van der Waals surface area (Å²) in [4.78, 5) is 10.1. The highest BCUT2D eigenvalue weighted by Gasteiger charge is 2.28. The molecule has 2 aromatic rings. The first-order valence-corrected chi connectivity index (χ1v) is 11.5. The van der Waals surface area contributed by atoms with Crippen molar-refractivity contribution in [1.29, 1.82) is 0 Å². The zero-order valence-electron chi connectivity index (χ0n) is 19.1. The molecule has 0 spiro atoms. The minimum absolute atomic E-state index is 0.272. The fraction of sp³-hybridized carbons (Fsp3) is 0.583. The Morgan fingerprint density at radius 2 is 2.13 bits per heavy atom. The number of hydrogen-bond donors (Lipinski definition) is 1. The molecule has 0 radical (unpaired) electrons. The quantitative estimate of drug-likeness (QED) is 0.571. The van der Waals surface area contributed by atoms with Gasteiger partial charge in [-0.15, -0.1) is 0 Å². The Labute approximate surface area is 186 Å². The van der Waals surface area contributed by atoms with E-state index >= 15 is 0 Å². The van der Waals surface area contributed by atoms with Crippen molar-refractivity contribution in [1.82, 2.24) is 24.9 Å². The molecule has 2 atom stereocenters. The molecule has 2 aliphatic heterocycles. The van der Waals surface area contributed by atoms with Crippen LogP contribution in [0.2, 0.25) is 0 Å². The number of ether oxygens (including phenoxy) is 1. The molecule has 1 N–H and O–H groups in total. The van der Waals surface area contributed by atoms with Crippen molar-refractivity contribution in [2.45, 2.75) is 32.2 Å². The predicted octanol–water partition coefficient (Wildman–Crippen LogP) is 2.56. The molecule has 0 amide bonds. The number of rotatable bonds is 6. The van der Waals surface area contributed by atoms with Crippen molar-refractivity contribution in [3.63, 3.8) is 0 Å². The number of nitrogens with one attached hydrogen (secondary N) is 1. The number of guanidine groups is 1. The molecular formula is C24H36N6O. The molecule has 7 nitrogen and oxygen atoms in total. The van der Waals surface area contributed by atoms with E-state index in [1.807, 2.05) is 17.9 Å². The summed E-state index contributed by atoms with van der Waals surface area (Å²) in [5.74, 6) is 1.55. The Morgan fingerprint density at radius 1 is 1.29 bits per heavy atom. The SMILES string of the molecule is CCNC(=NCC(c1cccc(C)c1)N1CCOCC1)N1CCC(c2cnn(C)c2)C1. The van der Waals surface area contributed by atoms with Gasteiger partial charge in [0.25, 0.3) is 0 Å². The van der Waals surface area contributed by atoms with E-state index in [2.05, 4.69) is 64.5 Å². The van der Waals surface area contributed by atoms with Gasteiger partial charge < -0.3 is 15.0 Å². The third-order valence-electron chi connectivity index (χ3n) is 6.35. The third kappa shape index (κ3) is 5.46. The number of nitrogens with zero attached hydrogens (tertiary/aromatic N) is 5. The number of morpholine rings is 1.